The Bertz CT molecular complexity index is 586. The first-order valence-corrected chi connectivity index (χ1v) is 7.19. The van der Waals surface area contributed by atoms with Crippen LogP contribution < -0.4 is 4.90 Å². The quantitative estimate of drug-likeness (QED) is 0.909. The van der Waals surface area contributed by atoms with Gasteiger partial charge in [-0.1, -0.05) is 42.1 Å². The fraction of sp³-hybridized carbons (Fsp3) is 0.188. The molecule has 0 saturated carbocycles. The predicted octanol–water partition coefficient (Wildman–Crippen LogP) is 3.75. The summed E-state index contributed by atoms with van der Waals surface area (Å²) in [6.07, 6.45) is 0. The smallest absolute Gasteiger partial charge is 0.326 e. The third-order valence-electron chi connectivity index (χ3n) is 3.15. The summed E-state index contributed by atoms with van der Waals surface area (Å²) in [6.45, 7) is 1.69. The molecule has 0 unspecified atom stereocenters. The summed E-state index contributed by atoms with van der Waals surface area (Å²) in [5.41, 5.74) is 0.927. The Morgan fingerprint density at radius 1 is 1.10 bits per heavy atom. The highest BCUT2D eigenvalue weighted by Gasteiger charge is 2.19. The standard InChI is InChI=1S/C16H17NO2S/c1-12(16(18)19)17(2)14-10-6-7-11-15(14)20-13-8-4-3-5-9-13/h3-12H,1-2H3,(H,18,19)/t12-/m1/s1. The molecular weight excluding hydrogens is 270 g/mol. The largest absolute Gasteiger partial charge is 0.480 e. The van der Waals surface area contributed by atoms with Gasteiger partial charge in [0.1, 0.15) is 6.04 Å². The number of benzene rings is 2. The zero-order chi connectivity index (χ0) is 14.5. The van der Waals surface area contributed by atoms with Crippen molar-refractivity contribution in [3.05, 3.63) is 54.6 Å². The second kappa shape index (κ2) is 6.48. The predicted molar refractivity (Wildman–Crippen MR) is 82.5 cm³/mol. The van der Waals surface area contributed by atoms with Crippen LogP contribution in [0, 0.1) is 0 Å². The number of rotatable bonds is 5. The zero-order valence-electron chi connectivity index (χ0n) is 11.5. The van der Waals surface area contributed by atoms with E-state index in [4.69, 9.17) is 5.11 Å². The summed E-state index contributed by atoms with van der Waals surface area (Å²) < 4.78 is 0. The van der Waals surface area contributed by atoms with Crippen LogP contribution in [0.15, 0.2) is 64.4 Å². The molecule has 1 N–H and O–H groups in total. The Morgan fingerprint density at radius 3 is 2.35 bits per heavy atom. The van der Waals surface area contributed by atoms with Gasteiger partial charge in [0.05, 0.1) is 5.69 Å². The number of carboxylic acid groups (broad SMARTS) is 1. The van der Waals surface area contributed by atoms with Crippen molar-refractivity contribution in [3.8, 4) is 0 Å². The topological polar surface area (TPSA) is 40.5 Å². The summed E-state index contributed by atoms with van der Waals surface area (Å²) >= 11 is 1.64. The van der Waals surface area contributed by atoms with Gasteiger partial charge in [0.25, 0.3) is 0 Å². The van der Waals surface area contributed by atoms with Crippen molar-refractivity contribution in [2.24, 2.45) is 0 Å². The summed E-state index contributed by atoms with van der Waals surface area (Å²) in [5, 5.41) is 9.15. The van der Waals surface area contributed by atoms with Gasteiger partial charge >= 0.3 is 5.97 Å². The first-order valence-electron chi connectivity index (χ1n) is 6.37. The minimum absolute atomic E-state index is 0.562. The molecule has 2 aromatic rings. The van der Waals surface area contributed by atoms with Crippen LogP contribution in [-0.2, 0) is 4.79 Å². The number of aliphatic carboxylic acids is 1. The van der Waals surface area contributed by atoms with Gasteiger partial charge in [0, 0.05) is 16.8 Å². The van der Waals surface area contributed by atoms with Crippen molar-refractivity contribution in [1.82, 2.24) is 0 Å². The lowest BCUT2D eigenvalue weighted by molar-refractivity contribution is -0.138. The maximum atomic E-state index is 11.1. The van der Waals surface area contributed by atoms with Gasteiger partial charge in [0.15, 0.2) is 0 Å². The molecule has 0 aliphatic carbocycles. The van der Waals surface area contributed by atoms with Crippen LogP contribution in [0.25, 0.3) is 0 Å². The van der Waals surface area contributed by atoms with Crippen molar-refractivity contribution >= 4 is 23.4 Å². The second-order valence-electron chi connectivity index (χ2n) is 4.51. The Hall–Kier alpha value is -1.94. The summed E-state index contributed by atoms with van der Waals surface area (Å²) in [6, 6.07) is 17.3. The number of hydrogen-bond donors (Lipinski definition) is 1. The number of carboxylic acids is 1. The molecule has 1 atom stereocenters. The molecule has 4 heteroatoms. The van der Waals surface area contributed by atoms with E-state index in [1.165, 1.54) is 0 Å². The van der Waals surface area contributed by atoms with E-state index in [1.54, 1.807) is 23.6 Å². The first-order chi connectivity index (χ1) is 9.59. The average molecular weight is 287 g/mol. The van der Waals surface area contributed by atoms with Gasteiger partial charge in [-0.2, -0.15) is 0 Å². The first kappa shape index (κ1) is 14.5. The highest BCUT2D eigenvalue weighted by Crippen LogP contribution is 2.35. The Kier molecular flexibility index (Phi) is 4.69. The van der Waals surface area contributed by atoms with Gasteiger partial charge in [0.2, 0.25) is 0 Å². The van der Waals surface area contributed by atoms with Gasteiger partial charge in [-0.25, -0.2) is 4.79 Å². The van der Waals surface area contributed by atoms with Gasteiger partial charge in [-0.05, 0) is 31.2 Å². The van der Waals surface area contributed by atoms with Crippen molar-refractivity contribution < 1.29 is 9.90 Å². The third kappa shape index (κ3) is 3.33. The Balaban J connectivity index is 2.29. The molecule has 0 aliphatic rings. The normalized spacial score (nSPS) is 11.9. The van der Waals surface area contributed by atoms with E-state index in [0.29, 0.717) is 0 Å². The second-order valence-corrected chi connectivity index (χ2v) is 5.62. The van der Waals surface area contributed by atoms with Gasteiger partial charge in [-0.3, -0.25) is 0 Å². The molecule has 0 amide bonds. The van der Waals surface area contributed by atoms with E-state index in [1.807, 2.05) is 61.6 Å². The van der Waals surface area contributed by atoms with E-state index in [-0.39, 0.29) is 0 Å². The minimum atomic E-state index is -0.827. The number of nitrogens with zero attached hydrogens (tertiary/aromatic N) is 1. The lowest BCUT2D eigenvalue weighted by Crippen LogP contribution is -2.36. The highest BCUT2D eigenvalue weighted by molar-refractivity contribution is 7.99. The van der Waals surface area contributed by atoms with E-state index >= 15 is 0 Å². The Morgan fingerprint density at radius 2 is 1.70 bits per heavy atom. The van der Waals surface area contributed by atoms with Gasteiger partial charge < -0.3 is 10.0 Å². The van der Waals surface area contributed by atoms with Crippen LogP contribution in [0.2, 0.25) is 0 Å². The summed E-state index contributed by atoms with van der Waals surface area (Å²) in [4.78, 5) is 15.1. The molecule has 0 bridgehead atoms. The molecule has 0 fully saturated rings. The molecule has 2 rings (SSSR count). The SMILES string of the molecule is C[C@H](C(=O)O)N(C)c1ccccc1Sc1ccccc1. The monoisotopic (exact) mass is 287 g/mol. The molecule has 0 heterocycles. The molecule has 0 spiro atoms. The van der Waals surface area contributed by atoms with Crippen LogP contribution in [0.5, 0.6) is 0 Å². The van der Waals surface area contributed by atoms with Crippen LogP contribution in [0.4, 0.5) is 5.69 Å². The molecule has 104 valence electrons. The van der Waals surface area contributed by atoms with Crippen LogP contribution in [0.3, 0.4) is 0 Å². The van der Waals surface area contributed by atoms with E-state index < -0.39 is 12.0 Å². The molecular formula is C16H17NO2S. The minimum Gasteiger partial charge on any atom is -0.480 e. The Labute approximate surface area is 123 Å². The van der Waals surface area contributed by atoms with Crippen molar-refractivity contribution in [3.63, 3.8) is 0 Å². The van der Waals surface area contributed by atoms with Crippen molar-refractivity contribution in [2.75, 3.05) is 11.9 Å². The summed E-state index contributed by atoms with van der Waals surface area (Å²) in [5.74, 6) is -0.827. The number of likely N-dealkylation sites (N-methyl/N-ethyl adjacent to an activating group) is 1. The summed E-state index contributed by atoms with van der Waals surface area (Å²) in [7, 11) is 1.81. The fourth-order valence-electron chi connectivity index (χ4n) is 1.82. The van der Waals surface area contributed by atoms with Crippen molar-refractivity contribution in [2.45, 2.75) is 22.8 Å². The van der Waals surface area contributed by atoms with Crippen molar-refractivity contribution in [1.29, 1.82) is 0 Å². The van der Waals surface area contributed by atoms with E-state index in [0.717, 1.165) is 15.5 Å². The fourth-order valence-corrected chi connectivity index (χ4v) is 2.84. The zero-order valence-corrected chi connectivity index (χ0v) is 12.3. The lowest BCUT2D eigenvalue weighted by Gasteiger charge is -2.25. The maximum absolute atomic E-state index is 11.1. The number of anilines is 1. The molecule has 0 aromatic heterocycles. The maximum Gasteiger partial charge on any atom is 0.326 e. The van der Waals surface area contributed by atoms with Crippen LogP contribution in [0.1, 0.15) is 6.92 Å². The molecule has 0 aliphatic heterocycles. The van der Waals surface area contributed by atoms with E-state index in [9.17, 15) is 4.79 Å². The van der Waals surface area contributed by atoms with E-state index in [2.05, 4.69) is 0 Å². The molecule has 3 nitrogen and oxygen atoms in total. The van der Waals surface area contributed by atoms with Gasteiger partial charge in [-0.15, -0.1) is 0 Å². The number of carbonyl (C=O) groups is 1. The third-order valence-corrected chi connectivity index (χ3v) is 4.23. The molecule has 0 radical (unpaired) electrons. The van der Waals surface area contributed by atoms with Crippen LogP contribution >= 0.6 is 11.8 Å². The molecule has 20 heavy (non-hydrogen) atoms. The molecule has 0 saturated heterocycles. The lowest BCUT2D eigenvalue weighted by atomic mass is 10.2. The highest BCUT2D eigenvalue weighted by atomic mass is 32.2. The average Bonchev–Trinajstić information content (AvgIpc) is 2.47. The number of para-hydroxylation sites is 1. The number of hydrogen-bond acceptors (Lipinski definition) is 3. The van der Waals surface area contributed by atoms with Crippen LogP contribution in [-0.4, -0.2) is 24.2 Å². The molecule has 2 aromatic carbocycles.